The molecule has 0 aliphatic heterocycles. The average molecular weight is 430 g/mol. The van der Waals surface area contributed by atoms with Crippen LogP contribution in [0.5, 0.6) is 5.88 Å². The zero-order valence-corrected chi connectivity index (χ0v) is 16.4. The van der Waals surface area contributed by atoms with Crippen molar-refractivity contribution in [3.63, 3.8) is 0 Å². The molecular weight excluding hydrogens is 415 g/mol. The van der Waals surface area contributed by atoms with E-state index in [1.165, 1.54) is 30.3 Å². The summed E-state index contributed by atoms with van der Waals surface area (Å²) in [6, 6.07) is 8.53. The fourth-order valence-corrected chi connectivity index (χ4v) is 3.23. The van der Waals surface area contributed by atoms with E-state index in [0.29, 0.717) is 16.8 Å². The van der Waals surface area contributed by atoms with Crippen LogP contribution in [0.15, 0.2) is 58.2 Å². The maximum atomic E-state index is 13.0. The van der Waals surface area contributed by atoms with Gasteiger partial charge >= 0.3 is 0 Å². The number of hydrogen-bond acceptors (Lipinski definition) is 8. The number of aromatic nitrogens is 5. The Hall–Kier alpha value is -3.64. The van der Waals surface area contributed by atoms with E-state index >= 15 is 0 Å². The molecule has 0 saturated heterocycles. The molecule has 0 bridgehead atoms. The first-order valence-electron chi connectivity index (χ1n) is 8.54. The van der Waals surface area contributed by atoms with Crippen molar-refractivity contribution in [1.29, 1.82) is 0 Å². The maximum absolute atomic E-state index is 13.0. The van der Waals surface area contributed by atoms with Crippen molar-refractivity contribution < 1.29 is 22.1 Å². The zero-order valence-electron chi connectivity index (χ0n) is 15.6. The molecule has 154 valence electrons. The molecule has 0 unspecified atom stereocenters. The largest absolute Gasteiger partial charge is 0.471 e. The number of primary sulfonamides is 1. The number of nitrogens with zero attached hydrogens (tertiary/aromatic N) is 5. The SMILES string of the molecule is Cn1ncc(-c2noc(-c3cccc(S(N)(=O)=O)c3)n2)c1COc1ccc(F)cn1. The Morgan fingerprint density at radius 3 is 2.80 bits per heavy atom. The third-order valence-electron chi connectivity index (χ3n) is 4.20. The van der Waals surface area contributed by atoms with E-state index in [1.807, 2.05) is 0 Å². The molecule has 30 heavy (non-hydrogen) atoms. The van der Waals surface area contributed by atoms with Crippen molar-refractivity contribution in [2.45, 2.75) is 11.5 Å². The highest BCUT2D eigenvalue weighted by Gasteiger charge is 2.19. The number of nitrogens with two attached hydrogens (primary N) is 1. The van der Waals surface area contributed by atoms with Crippen molar-refractivity contribution in [1.82, 2.24) is 24.9 Å². The van der Waals surface area contributed by atoms with Gasteiger partial charge in [-0.05, 0) is 24.3 Å². The number of aryl methyl sites for hydroxylation is 1. The molecule has 0 spiro atoms. The molecule has 1 aromatic carbocycles. The molecule has 2 N–H and O–H groups in total. The lowest BCUT2D eigenvalue weighted by Gasteiger charge is -2.06. The summed E-state index contributed by atoms with van der Waals surface area (Å²) in [4.78, 5) is 8.11. The standard InChI is InChI=1S/C18H15FN6O4S/c1-25-15(10-28-16-6-5-12(19)8-21-16)14(9-22-25)17-23-18(29-24-17)11-3-2-4-13(7-11)30(20,26)27/h2-9H,10H2,1H3,(H2,20,26,27). The fraction of sp³-hybridized carbons (Fsp3) is 0.111. The zero-order chi connectivity index (χ0) is 21.3. The Balaban J connectivity index is 1.61. The summed E-state index contributed by atoms with van der Waals surface area (Å²) in [5, 5.41) is 13.3. The van der Waals surface area contributed by atoms with Crippen molar-refractivity contribution in [2.24, 2.45) is 12.2 Å². The Morgan fingerprint density at radius 2 is 2.07 bits per heavy atom. The van der Waals surface area contributed by atoms with Crippen LogP contribution < -0.4 is 9.88 Å². The van der Waals surface area contributed by atoms with E-state index in [9.17, 15) is 12.8 Å². The predicted molar refractivity (Wildman–Crippen MR) is 102 cm³/mol. The van der Waals surface area contributed by atoms with Crippen LogP contribution in [0.2, 0.25) is 0 Å². The summed E-state index contributed by atoms with van der Waals surface area (Å²) in [5.74, 6) is 0.141. The number of ether oxygens (including phenoxy) is 1. The van der Waals surface area contributed by atoms with E-state index in [4.69, 9.17) is 14.4 Å². The van der Waals surface area contributed by atoms with Crippen LogP contribution in [0.1, 0.15) is 5.69 Å². The highest BCUT2D eigenvalue weighted by atomic mass is 32.2. The number of pyridine rings is 1. The van der Waals surface area contributed by atoms with Gasteiger partial charge in [0.1, 0.15) is 12.4 Å². The van der Waals surface area contributed by atoms with Gasteiger partial charge in [-0.25, -0.2) is 22.9 Å². The van der Waals surface area contributed by atoms with Crippen LogP contribution in [0.3, 0.4) is 0 Å². The summed E-state index contributed by atoms with van der Waals surface area (Å²) in [7, 11) is -2.15. The topological polar surface area (TPSA) is 139 Å². The molecule has 0 saturated carbocycles. The van der Waals surface area contributed by atoms with Crippen LogP contribution in [0.4, 0.5) is 4.39 Å². The van der Waals surface area contributed by atoms with Gasteiger partial charge in [-0.1, -0.05) is 11.2 Å². The molecule has 0 aliphatic rings. The van der Waals surface area contributed by atoms with Gasteiger partial charge in [-0.3, -0.25) is 4.68 Å². The summed E-state index contributed by atoms with van der Waals surface area (Å²) >= 11 is 0. The lowest BCUT2D eigenvalue weighted by Crippen LogP contribution is -2.11. The average Bonchev–Trinajstić information content (AvgIpc) is 3.34. The molecule has 3 aromatic heterocycles. The number of halogens is 1. The first-order valence-corrected chi connectivity index (χ1v) is 10.1. The number of sulfonamides is 1. The van der Waals surface area contributed by atoms with E-state index in [1.54, 1.807) is 24.0 Å². The van der Waals surface area contributed by atoms with Crippen molar-refractivity contribution in [3.05, 3.63) is 60.3 Å². The Morgan fingerprint density at radius 1 is 1.23 bits per heavy atom. The number of hydrogen-bond donors (Lipinski definition) is 1. The fourth-order valence-electron chi connectivity index (χ4n) is 2.67. The predicted octanol–water partition coefficient (Wildman–Crippen LogP) is 1.90. The Kier molecular flexibility index (Phi) is 5.01. The summed E-state index contributed by atoms with van der Waals surface area (Å²) < 4.78 is 48.6. The molecular formula is C18H15FN6O4S. The quantitative estimate of drug-likeness (QED) is 0.489. The highest BCUT2D eigenvalue weighted by Crippen LogP contribution is 2.26. The van der Waals surface area contributed by atoms with E-state index in [0.717, 1.165) is 6.20 Å². The lowest BCUT2D eigenvalue weighted by atomic mass is 10.2. The van der Waals surface area contributed by atoms with E-state index < -0.39 is 15.8 Å². The van der Waals surface area contributed by atoms with Gasteiger partial charge in [0.15, 0.2) is 0 Å². The molecule has 3 heterocycles. The molecule has 0 fully saturated rings. The van der Waals surface area contributed by atoms with Gasteiger partial charge in [-0.2, -0.15) is 10.1 Å². The summed E-state index contributed by atoms with van der Waals surface area (Å²) in [5.41, 5.74) is 1.58. The van der Waals surface area contributed by atoms with Crippen LogP contribution >= 0.6 is 0 Å². The van der Waals surface area contributed by atoms with Gasteiger partial charge in [0.05, 0.1) is 28.5 Å². The smallest absolute Gasteiger partial charge is 0.258 e. The molecule has 0 amide bonds. The molecule has 4 aromatic rings. The van der Waals surface area contributed by atoms with E-state index in [2.05, 4.69) is 20.2 Å². The minimum absolute atomic E-state index is 0.0676. The maximum Gasteiger partial charge on any atom is 0.258 e. The highest BCUT2D eigenvalue weighted by molar-refractivity contribution is 7.89. The minimum atomic E-state index is -3.87. The van der Waals surface area contributed by atoms with Crippen LogP contribution in [-0.2, 0) is 23.7 Å². The molecule has 10 nitrogen and oxygen atoms in total. The van der Waals surface area contributed by atoms with Crippen LogP contribution in [-0.4, -0.2) is 33.3 Å². The summed E-state index contributed by atoms with van der Waals surface area (Å²) in [6.07, 6.45) is 2.60. The lowest BCUT2D eigenvalue weighted by molar-refractivity contribution is 0.283. The third kappa shape index (κ3) is 4.04. The summed E-state index contributed by atoms with van der Waals surface area (Å²) in [6.45, 7) is 0.0786. The Bertz CT molecular complexity index is 1300. The van der Waals surface area contributed by atoms with Crippen molar-refractivity contribution >= 4 is 10.0 Å². The third-order valence-corrected chi connectivity index (χ3v) is 5.11. The second kappa shape index (κ2) is 7.65. The van der Waals surface area contributed by atoms with Crippen LogP contribution in [0.25, 0.3) is 22.8 Å². The van der Waals surface area contributed by atoms with Crippen molar-refractivity contribution in [2.75, 3.05) is 0 Å². The second-order valence-corrected chi connectivity index (χ2v) is 7.79. The molecule has 0 atom stereocenters. The second-order valence-electron chi connectivity index (χ2n) is 6.23. The first kappa shape index (κ1) is 19.7. The molecule has 0 radical (unpaired) electrons. The number of rotatable bonds is 6. The monoisotopic (exact) mass is 430 g/mol. The van der Waals surface area contributed by atoms with Gasteiger partial charge < -0.3 is 9.26 Å². The molecule has 12 heteroatoms. The van der Waals surface area contributed by atoms with Crippen molar-refractivity contribution in [3.8, 4) is 28.7 Å². The van der Waals surface area contributed by atoms with Gasteiger partial charge in [-0.15, -0.1) is 0 Å². The molecule has 0 aliphatic carbocycles. The molecule has 4 rings (SSSR count). The number of benzene rings is 1. The van der Waals surface area contributed by atoms with E-state index in [-0.39, 0.29) is 29.1 Å². The first-order chi connectivity index (χ1) is 14.3. The minimum Gasteiger partial charge on any atom is -0.471 e. The van der Waals surface area contributed by atoms with Gasteiger partial charge in [0.25, 0.3) is 5.89 Å². The van der Waals surface area contributed by atoms with Gasteiger partial charge in [0.2, 0.25) is 21.7 Å². The van der Waals surface area contributed by atoms with Crippen LogP contribution in [0, 0.1) is 5.82 Å². The normalized spacial score (nSPS) is 11.6. The van der Waals surface area contributed by atoms with Gasteiger partial charge in [0, 0.05) is 18.7 Å². The Labute approximate surface area is 170 Å².